The summed E-state index contributed by atoms with van der Waals surface area (Å²) in [6.07, 6.45) is 11.0. The number of benzene rings is 1. The van der Waals surface area contributed by atoms with E-state index in [-0.39, 0.29) is 0 Å². The molecule has 1 fully saturated rings. The Morgan fingerprint density at radius 1 is 1.14 bits per heavy atom. The van der Waals surface area contributed by atoms with Crippen LogP contribution in [0, 0.1) is 0 Å². The van der Waals surface area contributed by atoms with Crippen LogP contribution in [0.3, 0.4) is 0 Å². The van der Waals surface area contributed by atoms with Crippen molar-refractivity contribution in [3.05, 3.63) is 66.4 Å². The van der Waals surface area contributed by atoms with Gasteiger partial charge in [-0.2, -0.15) is 5.10 Å². The van der Waals surface area contributed by atoms with Crippen LogP contribution in [0.4, 0.5) is 0 Å². The van der Waals surface area contributed by atoms with Crippen molar-refractivity contribution in [3.8, 4) is 5.69 Å². The zero-order valence-corrected chi connectivity index (χ0v) is 16.0. The lowest BCUT2D eigenvalue weighted by Crippen LogP contribution is -2.40. The zero-order valence-electron chi connectivity index (χ0n) is 16.0. The highest BCUT2D eigenvalue weighted by molar-refractivity contribution is 5.85. The molecule has 3 aliphatic rings. The van der Waals surface area contributed by atoms with Crippen molar-refractivity contribution < 1.29 is 4.70 Å². The van der Waals surface area contributed by atoms with E-state index < -0.39 is 0 Å². The maximum Gasteiger partial charge on any atom is 0.328 e. The first-order valence-corrected chi connectivity index (χ1v) is 9.80. The largest absolute Gasteiger partial charge is 0.364 e. The molecule has 0 radical (unpaired) electrons. The van der Waals surface area contributed by atoms with E-state index in [1.807, 2.05) is 58.3 Å². The molecule has 0 spiro atoms. The number of piperidine rings is 1. The first-order valence-electron chi connectivity index (χ1n) is 9.80. The molecule has 0 unspecified atom stereocenters. The van der Waals surface area contributed by atoms with Crippen LogP contribution in [0.25, 0.3) is 11.4 Å². The molecular weight excluding hydrogens is 350 g/mol. The molecule has 0 saturated carbocycles. The highest BCUT2D eigenvalue weighted by Crippen LogP contribution is 2.26. The van der Waals surface area contributed by atoms with E-state index in [4.69, 9.17) is 5.11 Å². The Morgan fingerprint density at radius 3 is 2.79 bits per heavy atom. The first kappa shape index (κ1) is 17.1. The average molecular weight is 374 g/mol. The lowest BCUT2D eigenvalue weighted by Gasteiger charge is -2.30. The smallest absolute Gasteiger partial charge is 0.328 e. The van der Waals surface area contributed by atoms with Gasteiger partial charge in [0.1, 0.15) is 0 Å². The van der Waals surface area contributed by atoms with Gasteiger partial charge in [0.2, 0.25) is 5.70 Å². The fourth-order valence-corrected chi connectivity index (χ4v) is 3.80. The number of azo groups is 2. The molecule has 28 heavy (non-hydrogen) atoms. The molecule has 0 bridgehead atoms. The SMILES string of the molecule is CN1CCC(NC2=CCC3=NC=C(c4cnn(-c5ccccc5)c4)[N+]3=N2)CC1. The fourth-order valence-electron chi connectivity index (χ4n) is 3.80. The van der Waals surface area contributed by atoms with E-state index in [9.17, 15) is 0 Å². The van der Waals surface area contributed by atoms with Gasteiger partial charge in [-0.1, -0.05) is 28.0 Å². The number of aromatic nitrogens is 2. The average Bonchev–Trinajstić information content (AvgIpc) is 3.37. The molecule has 1 N–H and O–H groups in total. The second-order valence-electron chi connectivity index (χ2n) is 7.50. The van der Waals surface area contributed by atoms with Gasteiger partial charge in [-0.25, -0.2) is 4.68 Å². The van der Waals surface area contributed by atoms with Crippen molar-refractivity contribution in [2.75, 3.05) is 20.1 Å². The third-order valence-electron chi connectivity index (χ3n) is 5.46. The van der Waals surface area contributed by atoms with Crippen molar-refractivity contribution in [1.29, 1.82) is 0 Å². The van der Waals surface area contributed by atoms with Crippen molar-refractivity contribution in [2.24, 2.45) is 10.1 Å². The van der Waals surface area contributed by atoms with E-state index in [0.29, 0.717) is 6.04 Å². The monoisotopic (exact) mass is 374 g/mol. The van der Waals surface area contributed by atoms with E-state index in [1.165, 1.54) is 0 Å². The maximum absolute atomic E-state index is 4.83. The van der Waals surface area contributed by atoms with Crippen LogP contribution in [-0.2, 0) is 0 Å². The summed E-state index contributed by atoms with van der Waals surface area (Å²) in [5.41, 5.74) is 3.01. The number of amidine groups is 1. The Labute approximate surface area is 164 Å². The Bertz CT molecular complexity index is 989. The van der Waals surface area contributed by atoms with Crippen LogP contribution in [0.15, 0.2) is 70.9 Å². The van der Waals surface area contributed by atoms with Crippen LogP contribution < -0.4 is 5.32 Å². The molecule has 0 atom stereocenters. The molecule has 142 valence electrons. The summed E-state index contributed by atoms with van der Waals surface area (Å²) in [6.45, 7) is 2.26. The number of para-hydroxylation sites is 1. The van der Waals surface area contributed by atoms with Crippen LogP contribution in [0.2, 0.25) is 0 Å². The molecule has 7 heteroatoms. The molecule has 7 nitrogen and oxygen atoms in total. The summed E-state index contributed by atoms with van der Waals surface area (Å²) in [5.74, 6) is 1.90. The molecule has 0 amide bonds. The maximum atomic E-state index is 4.83. The minimum atomic E-state index is 0.487. The summed E-state index contributed by atoms with van der Waals surface area (Å²) in [7, 11) is 2.18. The van der Waals surface area contributed by atoms with E-state index in [1.54, 1.807) is 0 Å². The number of hydrogen-bond donors (Lipinski definition) is 1. The van der Waals surface area contributed by atoms with E-state index >= 15 is 0 Å². The second kappa shape index (κ2) is 7.16. The van der Waals surface area contributed by atoms with E-state index in [2.05, 4.69) is 33.4 Å². The molecule has 1 aromatic heterocycles. The standard InChI is InChI=1S/C21H24N7/c1-26-11-9-17(10-12-26)24-20-7-8-21-22-14-19(28(21)25-20)16-13-23-27(15-16)18-5-3-2-4-6-18/h2-7,13-15,17,24H,8-12H2,1H3/q+1. The zero-order chi connectivity index (χ0) is 18.9. The number of fused-ring (bicyclic) bond motifs is 1. The molecule has 0 aliphatic carbocycles. The Kier molecular flexibility index (Phi) is 4.37. The summed E-state index contributed by atoms with van der Waals surface area (Å²) >= 11 is 0. The van der Waals surface area contributed by atoms with Gasteiger partial charge in [0, 0.05) is 12.2 Å². The van der Waals surface area contributed by atoms with Gasteiger partial charge in [0.15, 0.2) is 12.0 Å². The number of nitrogens with one attached hydrogen (secondary N) is 1. The molecule has 5 rings (SSSR count). The van der Waals surface area contributed by atoms with Crippen LogP contribution in [-0.4, -0.2) is 51.4 Å². The molecule has 2 aromatic rings. The van der Waals surface area contributed by atoms with Crippen LogP contribution in [0.5, 0.6) is 0 Å². The lowest BCUT2D eigenvalue weighted by atomic mass is 10.1. The highest BCUT2D eigenvalue weighted by atomic mass is 15.4. The van der Waals surface area contributed by atoms with Crippen molar-refractivity contribution in [3.63, 3.8) is 0 Å². The Balaban J connectivity index is 1.34. The topological polar surface area (TPSA) is 60.8 Å². The summed E-state index contributed by atoms with van der Waals surface area (Å²) in [5, 5.41) is 13.0. The van der Waals surface area contributed by atoms with Gasteiger partial charge in [-0.15, -0.1) is 0 Å². The Hall–Kier alpha value is -3.06. The minimum Gasteiger partial charge on any atom is -0.364 e. The fraction of sp³-hybridized carbons (Fsp3) is 0.333. The molecule has 3 aliphatic heterocycles. The van der Waals surface area contributed by atoms with Crippen molar-refractivity contribution >= 4 is 11.5 Å². The Morgan fingerprint density at radius 2 is 1.96 bits per heavy atom. The number of nitrogens with zero attached hydrogens (tertiary/aromatic N) is 6. The molecular formula is C21H24N7+. The molecule has 1 saturated heterocycles. The van der Waals surface area contributed by atoms with Gasteiger partial charge in [-0.3, -0.25) is 0 Å². The summed E-state index contributed by atoms with van der Waals surface area (Å²) in [6, 6.07) is 10.6. The highest BCUT2D eigenvalue weighted by Gasteiger charge is 2.33. The number of rotatable bonds is 4. The summed E-state index contributed by atoms with van der Waals surface area (Å²) < 4.78 is 3.83. The van der Waals surface area contributed by atoms with Crippen molar-refractivity contribution in [1.82, 2.24) is 20.0 Å². The first-order chi connectivity index (χ1) is 13.8. The van der Waals surface area contributed by atoms with Crippen molar-refractivity contribution in [2.45, 2.75) is 25.3 Å². The van der Waals surface area contributed by atoms with Crippen LogP contribution >= 0.6 is 0 Å². The van der Waals surface area contributed by atoms with Gasteiger partial charge in [0.25, 0.3) is 0 Å². The normalized spacial score (nSPS) is 20.2. The second-order valence-corrected chi connectivity index (χ2v) is 7.50. The molecule has 1 aromatic carbocycles. The number of aliphatic imine (C=N–C) groups is 1. The van der Waals surface area contributed by atoms with Gasteiger partial charge in [0.05, 0.1) is 23.9 Å². The lowest BCUT2D eigenvalue weighted by molar-refractivity contribution is -0.379. The van der Waals surface area contributed by atoms with E-state index in [0.717, 1.165) is 61.0 Å². The quantitative estimate of drug-likeness (QED) is 0.837. The van der Waals surface area contributed by atoms with Crippen LogP contribution in [0.1, 0.15) is 24.8 Å². The minimum absolute atomic E-state index is 0.487. The van der Waals surface area contributed by atoms with Gasteiger partial charge in [-0.05, 0) is 56.2 Å². The van der Waals surface area contributed by atoms with Gasteiger partial charge >= 0.3 is 5.84 Å². The molecule has 4 heterocycles. The summed E-state index contributed by atoms with van der Waals surface area (Å²) in [4.78, 5) is 6.94. The third kappa shape index (κ3) is 3.29. The van der Waals surface area contributed by atoms with Gasteiger partial charge < -0.3 is 10.2 Å². The number of likely N-dealkylation sites (tertiary alicyclic amines) is 1. The third-order valence-corrected chi connectivity index (χ3v) is 5.46. The predicted octanol–water partition coefficient (Wildman–Crippen LogP) is 2.98. The predicted molar refractivity (Wildman–Crippen MR) is 108 cm³/mol. The number of hydrogen-bond acceptors (Lipinski definition) is 5.